The summed E-state index contributed by atoms with van der Waals surface area (Å²) >= 11 is 0. The van der Waals surface area contributed by atoms with Gasteiger partial charge in [-0.25, -0.2) is 4.79 Å². The smallest absolute Gasteiger partial charge is 0.331 e. The van der Waals surface area contributed by atoms with Crippen molar-refractivity contribution in [3.05, 3.63) is 11.6 Å². The van der Waals surface area contributed by atoms with Crippen molar-refractivity contribution >= 4 is 12.3 Å². The SMILES string of the molecule is CC1OC(OC2CC[C@]3(C=O)C4CCC5(C)C(C6=CC(=O)OC6)CCC5(O)C4CCC3(O)C2)CC(O)C1OC1OCC(O)C(O)C1O. The van der Waals surface area contributed by atoms with Gasteiger partial charge in [0.05, 0.1) is 41.5 Å². The van der Waals surface area contributed by atoms with E-state index in [4.69, 9.17) is 23.7 Å². The lowest BCUT2D eigenvalue weighted by Gasteiger charge is -2.65. The fourth-order valence-corrected chi connectivity index (χ4v) is 11.0. The van der Waals surface area contributed by atoms with Gasteiger partial charge in [0.25, 0.3) is 0 Å². The molecule has 0 aromatic carbocycles. The van der Waals surface area contributed by atoms with E-state index in [1.807, 2.05) is 0 Å². The number of aliphatic hydroxyl groups excluding tert-OH is 4. The zero-order valence-corrected chi connectivity index (χ0v) is 27.1. The molecule has 3 aliphatic heterocycles. The molecule has 4 aliphatic carbocycles. The Hall–Kier alpha value is -1.52. The molecule has 0 spiro atoms. The van der Waals surface area contributed by atoms with E-state index >= 15 is 0 Å². The fraction of sp³-hybridized carbons (Fsp3) is 0.882. The van der Waals surface area contributed by atoms with E-state index in [1.165, 1.54) is 0 Å². The summed E-state index contributed by atoms with van der Waals surface area (Å²) in [7, 11) is 0. The van der Waals surface area contributed by atoms with E-state index in [0.29, 0.717) is 44.9 Å². The van der Waals surface area contributed by atoms with Gasteiger partial charge in [-0.2, -0.15) is 0 Å². The topological polar surface area (TPSA) is 202 Å². The van der Waals surface area contributed by atoms with Crippen LogP contribution < -0.4 is 0 Å². The molecule has 7 rings (SSSR count). The zero-order valence-electron chi connectivity index (χ0n) is 27.1. The first kappa shape index (κ1) is 34.0. The van der Waals surface area contributed by atoms with E-state index in [0.717, 1.165) is 18.3 Å². The molecule has 15 unspecified atom stereocenters. The number of carbonyl (C=O) groups is 2. The molecule has 16 atom stereocenters. The van der Waals surface area contributed by atoms with Gasteiger partial charge in [0, 0.05) is 24.3 Å². The van der Waals surface area contributed by atoms with E-state index < -0.39 is 77.3 Å². The quantitative estimate of drug-likeness (QED) is 0.128. The van der Waals surface area contributed by atoms with Crippen LogP contribution in [0.4, 0.5) is 0 Å². The number of hydrogen-bond donors (Lipinski definition) is 6. The van der Waals surface area contributed by atoms with Crippen LogP contribution in [0.15, 0.2) is 11.6 Å². The lowest BCUT2D eigenvalue weighted by atomic mass is 9.41. The second-order valence-electron chi connectivity index (χ2n) is 15.7. The average molecular weight is 667 g/mol. The van der Waals surface area contributed by atoms with Crippen molar-refractivity contribution in [2.75, 3.05) is 13.2 Å². The van der Waals surface area contributed by atoms with Gasteiger partial charge >= 0.3 is 5.97 Å². The Kier molecular flexibility index (Phi) is 8.72. The standard InChI is InChI=1S/C34H50O13/c1-17-29(47-30-28(40)27(39)24(37)15-44-30)23(36)12-26(45-17)46-19-3-8-32(16-35)21-4-7-31(2)20(18-11-25(38)43-14-18)6-10-34(31,42)22(21)5-9-33(32,41)13-19/h11,16-17,19-24,26-30,36-37,39-42H,3-10,12-15H2,1-2H3/t17?,19?,20?,21?,22?,23?,24?,26?,27?,28?,29?,30?,31?,32-,33?,34?/m0/s1. The molecule has 0 aromatic heterocycles. The van der Waals surface area contributed by atoms with Gasteiger partial charge < -0.3 is 59.1 Å². The van der Waals surface area contributed by atoms with Crippen LogP contribution in [-0.4, -0.2) is 123 Å². The van der Waals surface area contributed by atoms with Crippen LogP contribution in [0.1, 0.15) is 78.1 Å². The summed E-state index contributed by atoms with van der Waals surface area (Å²) in [6.45, 7) is 3.86. The Morgan fingerprint density at radius 3 is 2.40 bits per heavy atom. The van der Waals surface area contributed by atoms with Crippen LogP contribution in [0.3, 0.4) is 0 Å². The van der Waals surface area contributed by atoms with E-state index in [9.17, 15) is 40.2 Å². The number of aldehydes is 1. The minimum atomic E-state index is -1.50. The number of carbonyl (C=O) groups excluding carboxylic acids is 2. The van der Waals surface area contributed by atoms with Gasteiger partial charge in [-0.05, 0) is 81.6 Å². The third kappa shape index (κ3) is 5.18. The molecule has 264 valence electrons. The molecule has 47 heavy (non-hydrogen) atoms. The molecule has 6 N–H and O–H groups in total. The molecule has 0 aromatic rings. The summed E-state index contributed by atoms with van der Waals surface area (Å²) < 4.78 is 28.7. The van der Waals surface area contributed by atoms with Crippen LogP contribution >= 0.6 is 0 Å². The van der Waals surface area contributed by atoms with Crippen molar-refractivity contribution < 1.29 is 63.9 Å². The van der Waals surface area contributed by atoms with Crippen LogP contribution in [0.25, 0.3) is 0 Å². The Balaban J connectivity index is 1.01. The van der Waals surface area contributed by atoms with Gasteiger partial charge in [0.1, 0.15) is 37.3 Å². The third-order valence-corrected chi connectivity index (χ3v) is 13.6. The summed E-state index contributed by atoms with van der Waals surface area (Å²) in [5, 5.41) is 65.7. The predicted molar refractivity (Wildman–Crippen MR) is 160 cm³/mol. The highest BCUT2D eigenvalue weighted by atomic mass is 16.7. The van der Waals surface area contributed by atoms with Crippen LogP contribution in [0.2, 0.25) is 0 Å². The number of ether oxygens (including phenoxy) is 5. The summed E-state index contributed by atoms with van der Waals surface area (Å²) in [6, 6.07) is 0. The first-order chi connectivity index (χ1) is 22.2. The number of rotatable bonds is 6. The molecule has 3 heterocycles. The lowest BCUT2D eigenvalue weighted by Crippen LogP contribution is -2.69. The summed E-state index contributed by atoms with van der Waals surface area (Å²) in [5.74, 6) is -0.635. The minimum absolute atomic E-state index is 0.0370. The molecule has 6 fully saturated rings. The Morgan fingerprint density at radius 2 is 1.70 bits per heavy atom. The summed E-state index contributed by atoms with van der Waals surface area (Å²) in [5.41, 5.74) is -2.86. The Labute approximate surface area is 274 Å². The van der Waals surface area contributed by atoms with Gasteiger partial charge in [-0.1, -0.05) is 6.92 Å². The highest BCUT2D eigenvalue weighted by Crippen LogP contribution is 2.70. The van der Waals surface area contributed by atoms with E-state index in [-0.39, 0.29) is 49.8 Å². The van der Waals surface area contributed by atoms with E-state index in [1.54, 1.807) is 13.0 Å². The maximum atomic E-state index is 13.1. The molecule has 7 aliphatic rings. The van der Waals surface area contributed by atoms with Crippen LogP contribution in [-0.2, 0) is 33.3 Å². The molecule has 0 amide bonds. The van der Waals surface area contributed by atoms with Crippen molar-refractivity contribution in [3.8, 4) is 0 Å². The molecular formula is C34H50O13. The third-order valence-electron chi connectivity index (χ3n) is 13.6. The van der Waals surface area contributed by atoms with Crippen molar-refractivity contribution in [3.63, 3.8) is 0 Å². The maximum Gasteiger partial charge on any atom is 0.331 e. The Morgan fingerprint density at radius 1 is 0.936 bits per heavy atom. The molecule has 0 bridgehead atoms. The van der Waals surface area contributed by atoms with Gasteiger partial charge in [-0.15, -0.1) is 0 Å². The van der Waals surface area contributed by atoms with E-state index in [2.05, 4.69) is 6.92 Å². The number of hydrogen-bond acceptors (Lipinski definition) is 13. The average Bonchev–Trinajstić information content (AvgIpc) is 3.57. The predicted octanol–water partition coefficient (Wildman–Crippen LogP) is 0.243. The van der Waals surface area contributed by atoms with Gasteiger partial charge in [0.2, 0.25) is 0 Å². The first-order valence-electron chi connectivity index (χ1n) is 17.3. The monoisotopic (exact) mass is 666 g/mol. The zero-order chi connectivity index (χ0) is 33.5. The lowest BCUT2D eigenvalue weighted by molar-refractivity contribution is -0.331. The largest absolute Gasteiger partial charge is 0.458 e. The van der Waals surface area contributed by atoms with Gasteiger partial charge in [-0.3, -0.25) is 0 Å². The van der Waals surface area contributed by atoms with Gasteiger partial charge in [0.15, 0.2) is 12.6 Å². The van der Waals surface area contributed by atoms with Crippen molar-refractivity contribution in [2.24, 2.45) is 28.6 Å². The second-order valence-corrected chi connectivity index (χ2v) is 15.7. The number of fused-ring (bicyclic) bond motifs is 5. The number of aliphatic hydroxyl groups is 6. The number of cyclic esters (lactones) is 1. The number of esters is 1. The first-order valence-corrected chi connectivity index (χ1v) is 17.3. The molecular weight excluding hydrogens is 616 g/mol. The minimum Gasteiger partial charge on any atom is -0.458 e. The van der Waals surface area contributed by atoms with Crippen LogP contribution in [0.5, 0.6) is 0 Å². The highest BCUT2D eigenvalue weighted by molar-refractivity contribution is 5.85. The molecule has 4 saturated carbocycles. The second kappa shape index (κ2) is 12.1. The van der Waals surface area contributed by atoms with Crippen LogP contribution in [0, 0.1) is 28.6 Å². The summed E-state index contributed by atoms with van der Waals surface area (Å²) in [4.78, 5) is 25.0. The van der Waals surface area contributed by atoms with Crippen molar-refractivity contribution in [2.45, 2.75) is 145 Å². The molecule has 13 heteroatoms. The highest BCUT2D eigenvalue weighted by Gasteiger charge is 2.71. The van der Waals surface area contributed by atoms with Crippen molar-refractivity contribution in [1.82, 2.24) is 0 Å². The normalized spacial score (nSPS) is 54.6. The molecule has 2 saturated heterocycles. The molecule has 0 radical (unpaired) electrons. The summed E-state index contributed by atoms with van der Waals surface area (Å²) in [6.07, 6.45) is -1.89. The maximum absolute atomic E-state index is 13.1. The molecule has 13 nitrogen and oxygen atoms in total. The fourth-order valence-electron chi connectivity index (χ4n) is 11.0. The van der Waals surface area contributed by atoms with Crippen molar-refractivity contribution in [1.29, 1.82) is 0 Å². The Bertz CT molecular complexity index is 1250.